The highest BCUT2D eigenvalue weighted by Crippen LogP contribution is 2.27. The number of hydrogen-bond acceptors (Lipinski definition) is 3. The van der Waals surface area contributed by atoms with Gasteiger partial charge in [-0.3, -0.25) is 0 Å². The van der Waals surface area contributed by atoms with Gasteiger partial charge >= 0.3 is 5.97 Å². The van der Waals surface area contributed by atoms with Gasteiger partial charge in [-0.1, -0.05) is 30.3 Å². The molecule has 0 amide bonds. The third-order valence-corrected chi connectivity index (χ3v) is 3.47. The molecule has 0 unspecified atom stereocenters. The van der Waals surface area contributed by atoms with Crippen LogP contribution in [0, 0.1) is 11.3 Å². The van der Waals surface area contributed by atoms with Crippen LogP contribution >= 0.6 is 0 Å². The predicted octanol–water partition coefficient (Wildman–Crippen LogP) is 3.65. The van der Waals surface area contributed by atoms with E-state index >= 15 is 0 Å². The maximum absolute atomic E-state index is 12.2. The first kappa shape index (κ1) is 13.9. The van der Waals surface area contributed by atoms with E-state index in [1.165, 1.54) is 0 Å². The van der Waals surface area contributed by atoms with Crippen molar-refractivity contribution < 1.29 is 9.53 Å². The summed E-state index contributed by atoms with van der Waals surface area (Å²) in [6, 6.07) is 17.1. The van der Waals surface area contributed by atoms with Crippen LogP contribution in [0.5, 0.6) is 0 Å². The molecule has 0 bridgehead atoms. The van der Waals surface area contributed by atoms with Crippen LogP contribution in [-0.4, -0.2) is 17.0 Å². The standard InChI is InChI=1S/C18H14N2O2/c1-2-22-18(21)15-11-16(14-6-4-3-5-7-14)20-9-8-13(12-19)10-17(15)20/h3-11H,2H2,1H3. The lowest BCUT2D eigenvalue weighted by molar-refractivity contribution is 0.0529. The second-order valence-electron chi connectivity index (χ2n) is 4.81. The van der Waals surface area contributed by atoms with Gasteiger partial charge in [0.05, 0.1) is 35.0 Å². The summed E-state index contributed by atoms with van der Waals surface area (Å²) in [6.45, 7) is 2.09. The quantitative estimate of drug-likeness (QED) is 0.692. The van der Waals surface area contributed by atoms with Gasteiger partial charge in [-0.05, 0) is 30.7 Å². The van der Waals surface area contributed by atoms with E-state index in [4.69, 9.17) is 10.00 Å². The molecule has 4 nitrogen and oxygen atoms in total. The fourth-order valence-corrected chi connectivity index (χ4v) is 2.47. The predicted molar refractivity (Wildman–Crippen MR) is 83.5 cm³/mol. The van der Waals surface area contributed by atoms with Gasteiger partial charge in [-0.25, -0.2) is 4.79 Å². The van der Waals surface area contributed by atoms with Crippen molar-refractivity contribution in [1.29, 1.82) is 5.26 Å². The molecule has 0 N–H and O–H groups in total. The van der Waals surface area contributed by atoms with Crippen molar-refractivity contribution in [3.63, 3.8) is 0 Å². The second-order valence-corrected chi connectivity index (χ2v) is 4.81. The van der Waals surface area contributed by atoms with E-state index in [0.717, 1.165) is 11.3 Å². The molecule has 1 aromatic carbocycles. The number of benzene rings is 1. The fourth-order valence-electron chi connectivity index (χ4n) is 2.47. The van der Waals surface area contributed by atoms with E-state index in [9.17, 15) is 4.79 Å². The van der Waals surface area contributed by atoms with Crippen LogP contribution < -0.4 is 0 Å². The molecular formula is C18H14N2O2. The number of carbonyl (C=O) groups excluding carboxylic acids is 1. The first-order chi connectivity index (χ1) is 10.7. The summed E-state index contributed by atoms with van der Waals surface area (Å²) in [4.78, 5) is 12.2. The number of hydrogen-bond donors (Lipinski definition) is 0. The summed E-state index contributed by atoms with van der Waals surface area (Å²) in [5, 5.41) is 9.08. The maximum Gasteiger partial charge on any atom is 0.340 e. The van der Waals surface area contributed by atoms with Crippen LogP contribution in [0.25, 0.3) is 16.8 Å². The summed E-state index contributed by atoms with van der Waals surface area (Å²) < 4.78 is 7.03. The third-order valence-electron chi connectivity index (χ3n) is 3.47. The number of nitrogens with zero attached hydrogens (tertiary/aromatic N) is 2. The van der Waals surface area contributed by atoms with Gasteiger partial charge in [0.25, 0.3) is 0 Å². The van der Waals surface area contributed by atoms with Crippen molar-refractivity contribution >= 4 is 11.5 Å². The van der Waals surface area contributed by atoms with Crippen molar-refractivity contribution in [3.8, 4) is 17.3 Å². The molecule has 3 aromatic rings. The average Bonchev–Trinajstić information content (AvgIpc) is 2.94. The Bertz CT molecular complexity index is 873. The Hall–Kier alpha value is -3.06. The number of rotatable bonds is 3. The number of nitriles is 1. The molecule has 0 aliphatic heterocycles. The molecule has 2 heterocycles. The van der Waals surface area contributed by atoms with Gasteiger partial charge in [-0.15, -0.1) is 0 Å². The molecule has 0 aliphatic rings. The maximum atomic E-state index is 12.2. The monoisotopic (exact) mass is 290 g/mol. The van der Waals surface area contributed by atoms with Crippen molar-refractivity contribution in [2.45, 2.75) is 6.92 Å². The average molecular weight is 290 g/mol. The van der Waals surface area contributed by atoms with Crippen molar-refractivity contribution in [1.82, 2.24) is 4.40 Å². The number of fused-ring (bicyclic) bond motifs is 1. The summed E-state index contributed by atoms with van der Waals surface area (Å²) in [6.07, 6.45) is 1.80. The summed E-state index contributed by atoms with van der Waals surface area (Å²) >= 11 is 0. The zero-order valence-electron chi connectivity index (χ0n) is 12.1. The minimum absolute atomic E-state index is 0.314. The third kappa shape index (κ3) is 2.33. The van der Waals surface area contributed by atoms with E-state index in [-0.39, 0.29) is 5.97 Å². The zero-order valence-corrected chi connectivity index (χ0v) is 12.1. The summed E-state index contributed by atoms with van der Waals surface area (Å²) in [5.41, 5.74) is 3.55. The van der Waals surface area contributed by atoms with Crippen LogP contribution in [0.4, 0.5) is 0 Å². The number of ether oxygens (including phenoxy) is 1. The number of aromatic nitrogens is 1. The summed E-state index contributed by atoms with van der Waals surface area (Å²) in [5.74, 6) is -0.378. The Morgan fingerprint density at radius 2 is 2.00 bits per heavy atom. The summed E-state index contributed by atoms with van der Waals surface area (Å²) in [7, 11) is 0. The molecule has 0 aliphatic carbocycles. The highest BCUT2D eigenvalue weighted by molar-refractivity contribution is 5.99. The Morgan fingerprint density at radius 1 is 1.23 bits per heavy atom. The molecule has 0 radical (unpaired) electrons. The molecule has 0 atom stereocenters. The lowest BCUT2D eigenvalue weighted by Gasteiger charge is -2.03. The molecule has 4 heteroatoms. The molecule has 0 saturated heterocycles. The van der Waals surface area contributed by atoms with Crippen LogP contribution in [0.15, 0.2) is 54.7 Å². The molecule has 3 rings (SSSR count). The largest absolute Gasteiger partial charge is 0.462 e. The number of pyridine rings is 1. The van der Waals surface area contributed by atoms with Gasteiger partial charge in [-0.2, -0.15) is 5.26 Å². The highest BCUT2D eigenvalue weighted by Gasteiger charge is 2.17. The Kier molecular flexibility index (Phi) is 3.63. The highest BCUT2D eigenvalue weighted by atomic mass is 16.5. The van der Waals surface area contributed by atoms with Gasteiger partial charge in [0, 0.05) is 6.20 Å². The molecule has 0 spiro atoms. The Balaban J connectivity index is 2.27. The molecular weight excluding hydrogens is 276 g/mol. The lowest BCUT2D eigenvalue weighted by Crippen LogP contribution is -2.04. The van der Waals surface area contributed by atoms with E-state index < -0.39 is 0 Å². The van der Waals surface area contributed by atoms with Crippen LogP contribution in [-0.2, 0) is 4.74 Å². The van der Waals surface area contributed by atoms with Crippen molar-refractivity contribution in [3.05, 3.63) is 65.9 Å². The van der Waals surface area contributed by atoms with Crippen molar-refractivity contribution in [2.75, 3.05) is 6.61 Å². The fraction of sp³-hybridized carbons (Fsp3) is 0.111. The van der Waals surface area contributed by atoms with Crippen LogP contribution in [0.2, 0.25) is 0 Å². The first-order valence-corrected chi connectivity index (χ1v) is 7.02. The van der Waals surface area contributed by atoms with Crippen molar-refractivity contribution in [2.24, 2.45) is 0 Å². The molecule has 2 aromatic heterocycles. The molecule has 0 fully saturated rings. The lowest BCUT2D eigenvalue weighted by atomic mass is 10.1. The van der Waals surface area contributed by atoms with Crippen LogP contribution in [0.1, 0.15) is 22.8 Å². The first-order valence-electron chi connectivity index (χ1n) is 7.02. The molecule has 0 saturated carbocycles. The van der Waals surface area contributed by atoms with Gasteiger partial charge < -0.3 is 9.14 Å². The smallest absolute Gasteiger partial charge is 0.340 e. The van der Waals surface area contributed by atoms with Gasteiger partial charge in [0.15, 0.2) is 0 Å². The van der Waals surface area contributed by atoms with E-state index in [1.807, 2.05) is 40.8 Å². The minimum atomic E-state index is -0.378. The van der Waals surface area contributed by atoms with E-state index in [0.29, 0.717) is 23.3 Å². The minimum Gasteiger partial charge on any atom is -0.462 e. The molecule has 108 valence electrons. The van der Waals surface area contributed by atoms with Gasteiger partial charge in [0.2, 0.25) is 0 Å². The molecule has 22 heavy (non-hydrogen) atoms. The topological polar surface area (TPSA) is 54.5 Å². The Morgan fingerprint density at radius 3 is 2.68 bits per heavy atom. The van der Waals surface area contributed by atoms with E-state index in [2.05, 4.69) is 6.07 Å². The SMILES string of the molecule is CCOC(=O)c1cc(-c2ccccc2)n2ccc(C#N)cc12. The van der Waals surface area contributed by atoms with Crippen LogP contribution in [0.3, 0.4) is 0 Å². The number of esters is 1. The second kappa shape index (κ2) is 5.74. The number of carbonyl (C=O) groups is 1. The zero-order chi connectivity index (χ0) is 15.5. The normalized spacial score (nSPS) is 10.4. The Labute approximate surface area is 128 Å². The van der Waals surface area contributed by atoms with E-state index in [1.54, 1.807) is 25.3 Å². The van der Waals surface area contributed by atoms with Gasteiger partial charge in [0.1, 0.15) is 0 Å².